The number of allylic oxidation sites excluding steroid dienone is 1. The van der Waals surface area contributed by atoms with Gasteiger partial charge in [-0.05, 0) is 26.2 Å². The highest BCUT2D eigenvalue weighted by Crippen LogP contribution is 2.21. The van der Waals surface area contributed by atoms with Gasteiger partial charge in [0.15, 0.2) is 0 Å². The van der Waals surface area contributed by atoms with Gasteiger partial charge in [0.25, 0.3) is 0 Å². The molecule has 0 rings (SSSR count). The van der Waals surface area contributed by atoms with Crippen LogP contribution in [0.25, 0.3) is 0 Å². The van der Waals surface area contributed by atoms with Crippen LogP contribution in [-0.2, 0) is 0 Å². The smallest absolute Gasteiger partial charge is 0.0399 e. The molecule has 0 saturated heterocycles. The first-order chi connectivity index (χ1) is 5.60. The minimum atomic E-state index is 0.188. The molecule has 0 aliphatic rings. The zero-order valence-corrected chi connectivity index (χ0v) is 8.61. The average molecular weight is 167 g/mol. The maximum Gasteiger partial charge on any atom is 0.0399 e. The number of rotatable bonds is 6. The van der Waals surface area contributed by atoms with Gasteiger partial charge in [-0.25, -0.2) is 0 Å². The molecule has 0 radical (unpaired) electrons. The second-order valence-electron chi connectivity index (χ2n) is 3.39. The zero-order chi connectivity index (χ0) is 9.61. The molecule has 12 heavy (non-hydrogen) atoms. The summed E-state index contributed by atoms with van der Waals surface area (Å²) >= 11 is 0. The largest absolute Gasteiger partial charge is 0.383 e. The quantitative estimate of drug-likeness (QED) is 0.599. The Kier molecular flexibility index (Phi) is 4.72. The maximum absolute atomic E-state index is 3.87. The van der Waals surface area contributed by atoms with Crippen LogP contribution in [0.2, 0.25) is 0 Å². The minimum Gasteiger partial charge on any atom is -0.383 e. The summed E-state index contributed by atoms with van der Waals surface area (Å²) in [7, 11) is 0. The summed E-state index contributed by atoms with van der Waals surface area (Å²) in [5.74, 6) is 0. The van der Waals surface area contributed by atoms with Gasteiger partial charge in [0.2, 0.25) is 0 Å². The third kappa shape index (κ3) is 3.12. The Morgan fingerprint density at radius 3 is 2.17 bits per heavy atom. The molecule has 0 aromatic carbocycles. The van der Waals surface area contributed by atoms with E-state index >= 15 is 0 Å². The summed E-state index contributed by atoms with van der Waals surface area (Å²) in [6.07, 6.45) is 5.21. The van der Waals surface area contributed by atoms with Crippen molar-refractivity contribution in [3.05, 3.63) is 24.9 Å². The van der Waals surface area contributed by atoms with Crippen LogP contribution in [0.3, 0.4) is 0 Å². The highest BCUT2D eigenvalue weighted by atomic mass is 15.0. The Morgan fingerprint density at radius 1 is 1.42 bits per heavy atom. The van der Waals surface area contributed by atoms with E-state index in [1.54, 1.807) is 0 Å². The average Bonchev–Trinajstić information content (AvgIpc) is 2.03. The van der Waals surface area contributed by atoms with E-state index in [0.717, 1.165) is 25.0 Å². The van der Waals surface area contributed by atoms with Gasteiger partial charge in [0.05, 0.1) is 0 Å². The predicted molar refractivity (Wildman–Crippen MR) is 56.1 cm³/mol. The molecule has 0 amide bonds. The zero-order valence-electron chi connectivity index (χ0n) is 8.61. The van der Waals surface area contributed by atoms with E-state index in [2.05, 4.69) is 32.3 Å². The molecule has 70 valence electrons. The van der Waals surface area contributed by atoms with Gasteiger partial charge in [-0.15, -0.1) is 6.58 Å². The molecule has 0 saturated carbocycles. The highest BCUT2D eigenvalue weighted by Gasteiger charge is 2.23. The van der Waals surface area contributed by atoms with Gasteiger partial charge in [-0.1, -0.05) is 26.5 Å². The highest BCUT2D eigenvalue weighted by molar-refractivity contribution is 5.00. The summed E-state index contributed by atoms with van der Waals surface area (Å²) in [5.41, 5.74) is 1.23. The fraction of sp³-hybridized carbons (Fsp3) is 0.636. The summed E-state index contributed by atoms with van der Waals surface area (Å²) in [6, 6.07) is 0. The molecule has 1 heteroatoms. The van der Waals surface area contributed by atoms with Crippen LogP contribution in [0.5, 0.6) is 0 Å². The molecule has 1 N–H and O–H groups in total. The van der Waals surface area contributed by atoms with E-state index in [0.29, 0.717) is 0 Å². The molecular formula is C11H21N. The first-order valence-corrected chi connectivity index (χ1v) is 4.64. The SMILES string of the molecule is C=CCC(CC)(CC)NC(=C)C. The molecule has 0 fully saturated rings. The minimum absolute atomic E-state index is 0.188. The van der Waals surface area contributed by atoms with E-state index in [9.17, 15) is 0 Å². The lowest BCUT2D eigenvalue weighted by molar-refractivity contribution is 0.332. The lowest BCUT2D eigenvalue weighted by Crippen LogP contribution is -2.42. The molecule has 0 aliphatic heterocycles. The summed E-state index contributed by atoms with van der Waals surface area (Å²) in [6.45, 7) is 14.0. The lowest BCUT2D eigenvalue weighted by atomic mass is 9.89. The van der Waals surface area contributed by atoms with Crippen LogP contribution < -0.4 is 5.32 Å². The van der Waals surface area contributed by atoms with Crippen LogP contribution in [0.1, 0.15) is 40.0 Å². The van der Waals surface area contributed by atoms with E-state index in [-0.39, 0.29) is 5.54 Å². The van der Waals surface area contributed by atoms with Crippen molar-refractivity contribution in [1.29, 1.82) is 0 Å². The fourth-order valence-corrected chi connectivity index (χ4v) is 1.50. The van der Waals surface area contributed by atoms with Crippen molar-refractivity contribution in [2.24, 2.45) is 0 Å². The third-order valence-corrected chi connectivity index (χ3v) is 2.37. The second-order valence-corrected chi connectivity index (χ2v) is 3.39. The molecule has 0 spiro atoms. The number of hydrogen-bond donors (Lipinski definition) is 1. The fourth-order valence-electron chi connectivity index (χ4n) is 1.50. The molecule has 0 aliphatic carbocycles. The molecule has 1 nitrogen and oxygen atoms in total. The van der Waals surface area contributed by atoms with Crippen molar-refractivity contribution < 1.29 is 0 Å². The van der Waals surface area contributed by atoms with E-state index in [1.165, 1.54) is 0 Å². The molecule has 0 aromatic heterocycles. The standard InChI is InChI=1S/C11H21N/c1-6-9-11(7-2,8-3)12-10(4)5/h6,12H,1,4,7-9H2,2-3,5H3. The van der Waals surface area contributed by atoms with Crippen LogP contribution in [-0.4, -0.2) is 5.54 Å². The van der Waals surface area contributed by atoms with Crippen molar-refractivity contribution in [3.8, 4) is 0 Å². The van der Waals surface area contributed by atoms with E-state index in [4.69, 9.17) is 0 Å². The van der Waals surface area contributed by atoms with Gasteiger partial charge in [0.1, 0.15) is 0 Å². The van der Waals surface area contributed by atoms with E-state index < -0.39 is 0 Å². The van der Waals surface area contributed by atoms with Gasteiger partial charge < -0.3 is 5.32 Å². The second kappa shape index (κ2) is 5.02. The molecule has 0 atom stereocenters. The van der Waals surface area contributed by atoms with Gasteiger partial charge in [-0.2, -0.15) is 0 Å². The predicted octanol–water partition coefficient (Wildman–Crippen LogP) is 3.24. The van der Waals surface area contributed by atoms with Gasteiger partial charge in [0, 0.05) is 11.2 Å². The topological polar surface area (TPSA) is 12.0 Å². The Labute approximate surface area is 76.6 Å². The van der Waals surface area contributed by atoms with Gasteiger partial charge >= 0.3 is 0 Å². The van der Waals surface area contributed by atoms with Crippen molar-refractivity contribution in [1.82, 2.24) is 5.32 Å². The van der Waals surface area contributed by atoms with Gasteiger partial charge in [-0.3, -0.25) is 0 Å². The Hall–Kier alpha value is -0.720. The Balaban J connectivity index is 4.33. The van der Waals surface area contributed by atoms with Crippen molar-refractivity contribution in [3.63, 3.8) is 0 Å². The lowest BCUT2D eigenvalue weighted by Gasteiger charge is -2.33. The molecule has 0 unspecified atom stereocenters. The normalized spacial score (nSPS) is 10.9. The van der Waals surface area contributed by atoms with Crippen LogP contribution >= 0.6 is 0 Å². The number of nitrogens with one attached hydrogen (secondary N) is 1. The van der Waals surface area contributed by atoms with Crippen molar-refractivity contribution >= 4 is 0 Å². The summed E-state index contributed by atoms with van der Waals surface area (Å²) in [4.78, 5) is 0. The van der Waals surface area contributed by atoms with Crippen molar-refractivity contribution in [2.75, 3.05) is 0 Å². The summed E-state index contributed by atoms with van der Waals surface area (Å²) in [5, 5.41) is 3.43. The Bertz CT molecular complexity index is 154. The maximum atomic E-state index is 3.87. The van der Waals surface area contributed by atoms with Crippen LogP contribution in [0.15, 0.2) is 24.9 Å². The van der Waals surface area contributed by atoms with E-state index in [1.807, 2.05) is 13.0 Å². The summed E-state index contributed by atoms with van der Waals surface area (Å²) < 4.78 is 0. The third-order valence-electron chi connectivity index (χ3n) is 2.37. The molecular weight excluding hydrogens is 146 g/mol. The van der Waals surface area contributed by atoms with Crippen molar-refractivity contribution in [2.45, 2.75) is 45.6 Å². The molecule has 0 bridgehead atoms. The monoisotopic (exact) mass is 167 g/mol. The number of hydrogen-bond acceptors (Lipinski definition) is 1. The molecule has 0 aromatic rings. The Morgan fingerprint density at radius 2 is 1.92 bits per heavy atom. The first-order valence-electron chi connectivity index (χ1n) is 4.64. The molecule has 0 heterocycles. The van der Waals surface area contributed by atoms with Crippen LogP contribution in [0.4, 0.5) is 0 Å². The first kappa shape index (κ1) is 11.3. The van der Waals surface area contributed by atoms with Crippen LogP contribution in [0, 0.1) is 0 Å².